The first-order chi connectivity index (χ1) is 15.0. The van der Waals surface area contributed by atoms with Crippen LogP contribution < -0.4 is 11.0 Å². The van der Waals surface area contributed by atoms with Gasteiger partial charge >= 0.3 is 0 Å². The lowest BCUT2D eigenvalue weighted by Crippen LogP contribution is -2.24. The molecule has 31 heavy (non-hydrogen) atoms. The van der Waals surface area contributed by atoms with Gasteiger partial charge in [0.25, 0.3) is 11.5 Å². The van der Waals surface area contributed by atoms with Gasteiger partial charge in [-0.3, -0.25) is 14.2 Å². The smallest absolute Gasteiger partial charge is 0.266 e. The first-order valence-electron chi connectivity index (χ1n) is 8.99. The molecule has 0 saturated carbocycles. The number of hydrazone groups is 1. The van der Waals surface area contributed by atoms with Crippen LogP contribution >= 0.6 is 50.6 Å². The van der Waals surface area contributed by atoms with Crippen LogP contribution in [0.4, 0.5) is 0 Å². The molecule has 0 radical (unpaired) electrons. The third kappa shape index (κ3) is 5.24. The highest BCUT2D eigenvalue weighted by Gasteiger charge is 2.14. The van der Waals surface area contributed by atoms with E-state index in [0.29, 0.717) is 26.8 Å². The highest BCUT2D eigenvalue weighted by molar-refractivity contribution is 9.11. The summed E-state index contributed by atoms with van der Waals surface area (Å²) in [6.45, 7) is 0. The van der Waals surface area contributed by atoms with Gasteiger partial charge in [0, 0.05) is 9.90 Å². The maximum absolute atomic E-state index is 13.2. The van der Waals surface area contributed by atoms with Crippen LogP contribution in [0.1, 0.15) is 4.88 Å². The van der Waals surface area contributed by atoms with Crippen molar-refractivity contribution >= 4 is 73.7 Å². The summed E-state index contributed by atoms with van der Waals surface area (Å²) >= 11 is 12.0. The maximum atomic E-state index is 13.2. The normalized spacial score (nSPS) is 11.3. The second kappa shape index (κ2) is 9.78. The molecule has 0 aliphatic carbocycles. The zero-order chi connectivity index (χ0) is 21.8. The summed E-state index contributed by atoms with van der Waals surface area (Å²) in [7, 11) is 0. The molecule has 1 N–H and O–H groups in total. The molecule has 0 atom stereocenters. The average molecular weight is 534 g/mol. The van der Waals surface area contributed by atoms with Crippen LogP contribution in [0.15, 0.2) is 79.5 Å². The Labute approximate surface area is 199 Å². The third-order valence-electron chi connectivity index (χ3n) is 4.14. The number of nitrogens with zero attached hydrogens (tertiary/aromatic N) is 3. The van der Waals surface area contributed by atoms with E-state index in [0.717, 1.165) is 20.4 Å². The Bertz CT molecular complexity index is 1340. The molecular formula is C21H14BrClN4O2S2. The van der Waals surface area contributed by atoms with Gasteiger partial charge in [0.1, 0.15) is 0 Å². The van der Waals surface area contributed by atoms with Crippen molar-refractivity contribution in [3.8, 4) is 5.69 Å². The van der Waals surface area contributed by atoms with Crippen molar-refractivity contribution in [2.45, 2.75) is 5.16 Å². The zero-order valence-electron chi connectivity index (χ0n) is 15.8. The third-order valence-corrected chi connectivity index (χ3v) is 6.89. The molecule has 2 aromatic heterocycles. The minimum absolute atomic E-state index is 0.0455. The Morgan fingerprint density at radius 3 is 2.71 bits per heavy atom. The van der Waals surface area contributed by atoms with Gasteiger partial charge in [-0.2, -0.15) is 5.10 Å². The molecule has 156 valence electrons. The molecule has 4 rings (SSSR count). The number of aromatic nitrogens is 2. The number of rotatable bonds is 6. The lowest BCUT2D eigenvalue weighted by atomic mass is 10.2. The molecule has 0 bridgehead atoms. The first kappa shape index (κ1) is 21.8. The number of thiophene rings is 1. The van der Waals surface area contributed by atoms with Crippen molar-refractivity contribution in [3.63, 3.8) is 0 Å². The van der Waals surface area contributed by atoms with E-state index in [2.05, 4.69) is 31.4 Å². The minimum atomic E-state index is -0.304. The fraction of sp³-hybridized carbons (Fsp3) is 0.0476. The molecule has 1 amide bonds. The van der Waals surface area contributed by atoms with Gasteiger partial charge in [0.15, 0.2) is 5.16 Å². The summed E-state index contributed by atoms with van der Waals surface area (Å²) in [5.41, 5.74) is 3.48. The first-order valence-corrected chi connectivity index (χ1v) is 12.0. The molecule has 6 nitrogen and oxygen atoms in total. The number of para-hydroxylation sites is 1. The lowest BCUT2D eigenvalue weighted by molar-refractivity contribution is -0.118. The summed E-state index contributed by atoms with van der Waals surface area (Å²) in [5.74, 6) is -0.258. The number of fused-ring (bicyclic) bond motifs is 1. The van der Waals surface area contributed by atoms with Gasteiger partial charge in [0.2, 0.25) is 0 Å². The molecule has 0 aliphatic heterocycles. The number of hydrogen-bond acceptors (Lipinski definition) is 6. The highest BCUT2D eigenvalue weighted by atomic mass is 79.9. The van der Waals surface area contributed by atoms with Crippen LogP contribution in [-0.4, -0.2) is 27.4 Å². The monoisotopic (exact) mass is 532 g/mol. The predicted octanol–water partition coefficient (Wildman–Crippen LogP) is 5.11. The van der Waals surface area contributed by atoms with Crippen LogP contribution in [0.2, 0.25) is 5.02 Å². The Morgan fingerprint density at radius 2 is 1.97 bits per heavy atom. The van der Waals surface area contributed by atoms with Crippen molar-refractivity contribution in [2.24, 2.45) is 5.10 Å². The van der Waals surface area contributed by atoms with Gasteiger partial charge in [-0.05, 0) is 64.5 Å². The molecule has 10 heteroatoms. The van der Waals surface area contributed by atoms with E-state index in [1.54, 1.807) is 48.7 Å². The van der Waals surface area contributed by atoms with Crippen LogP contribution in [0.3, 0.4) is 0 Å². The quantitative estimate of drug-likeness (QED) is 0.162. The summed E-state index contributed by atoms with van der Waals surface area (Å²) < 4.78 is 2.47. The molecule has 0 aliphatic rings. The van der Waals surface area contributed by atoms with Gasteiger partial charge in [-0.25, -0.2) is 10.4 Å². The predicted molar refractivity (Wildman–Crippen MR) is 131 cm³/mol. The van der Waals surface area contributed by atoms with Crippen molar-refractivity contribution in [2.75, 3.05) is 5.75 Å². The molecule has 0 fully saturated rings. The number of halogens is 2. The zero-order valence-corrected chi connectivity index (χ0v) is 19.8. The highest BCUT2D eigenvalue weighted by Crippen LogP contribution is 2.22. The van der Waals surface area contributed by atoms with E-state index in [-0.39, 0.29) is 17.2 Å². The molecule has 0 saturated heterocycles. The molecule has 0 unspecified atom stereocenters. The van der Waals surface area contributed by atoms with Crippen LogP contribution in [0.5, 0.6) is 0 Å². The average Bonchev–Trinajstić information content (AvgIpc) is 3.18. The van der Waals surface area contributed by atoms with Crippen molar-refractivity contribution < 1.29 is 4.79 Å². The largest absolute Gasteiger partial charge is 0.272 e. The van der Waals surface area contributed by atoms with E-state index in [9.17, 15) is 9.59 Å². The number of hydrogen-bond donors (Lipinski definition) is 1. The Hall–Kier alpha value is -2.46. The van der Waals surface area contributed by atoms with E-state index in [4.69, 9.17) is 11.6 Å². The number of amides is 1. The SMILES string of the molecule is O=C(CSc1nc2ccccc2c(=O)n1-c1ccc(Cl)cc1)NN=Cc1ccc(Br)s1. The number of carbonyl (C=O) groups excluding carboxylic acids is 1. The van der Waals surface area contributed by atoms with Crippen LogP contribution in [0, 0.1) is 0 Å². The summed E-state index contributed by atoms with van der Waals surface area (Å²) in [5, 5.41) is 5.45. The number of carbonyl (C=O) groups is 1. The summed E-state index contributed by atoms with van der Waals surface area (Å²) in [6.07, 6.45) is 1.58. The lowest BCUT2D eigenvalue weighted by Gasteiger charge is -2.13. The fourth-order valence-corrected chi connectivity index (χ4v) is 4.98. The van der Waals surface area contributed by atoms with Gasteiger partial charge < -0.3 is 0 Å². The van der Waals surface area contributed by atoms with Crippen LogP contribution in [0.25, 0.3) is 16.6 Å². The van der Waals surface area contributed by atoms with Gasteiger partial charge in [-0.1, -0.05) is 35.5 Å². The van der Waals surface area contributed by atoms with E-state index in [1.807, 2.05) is 18.2 Å². The summed E-state index contributed by atoms with van der Waals surface area (Å²) in [4.78, 5) is 30.9. The standard InChI is InChI=1S/C21H14BrClN4O2S2/c22-18-10-9-15(31-18)11-24-26-19(28)12-30-21-25-17-4-2-1-3-16(17)20(29)27(21)14-7-5-13(23)6-8-14/h1-11H,12H2,(H,26,28). The van der Waals surface area contributed by atoms with Crippen molar-refractivity contribution in [3.05, 3.63) is 84.7 Å². The Balaban J connectivity index is 1.58. The maximum Gasteiger partial charge on any atom is 0.266 e. The topological polar surface area (TPSA) is 76.3 Å². The Kier molecular flexibility index (Phi) is 6.86. The molecule has 2 heterocycles. The van der Waals surface area contributed by atoms with Gasteiger partial charge in [0.05, 0.1) is 32.3 Å². The Morgan fingerprint density at radius 1 is 1.19 bits per heavy atom. The molecule has 4 aromatic rings. The number of nitrogens with one attached hydrogen (secondary N) is 1. The number of benzene rings is 2. The van der Waals surface area contributed by atoms with Crippen LogP contribution in [-0.2, 0) is 4.79 Å². The molecular weight excluding hydrogens is 520 g/mol. The fourth-order valence-electron chi connectivity index (χ4n) is 2.75. The number of thioether (sulfide) groups is 1. The second-order valence-electron chi connectivity index (χ2n) is 6.25. The second-order valence-corrected chi connectivity index (χ2v) is 10.1. The van der Waals surface area contributed by atoms with Crippen molar-refractivity contribution in [1.29, 1.82) is 0 Å². The molecule has 0 spiro atoms. The van der Waals surface area contributed by atoms with E-state index in [1.165, 1.54) is 15.9 Å². The van der Waals surface area contributed by atoms with Gasteiger partial charge in [-0.15, -0.1) is 11.3 Å². The van der Waals surface area contributed by atoms with E-state index >= 15 is 0 Å². The minimum Gasteiger partial charge on any atom is -0.272 e. The van der Waals surface area contributed by atoms with Crippen molar-refractivity contribution in [1.82, 2.24) is 15.0 Å². The summed E-state index contributed by atoms with van der Waals surface area (Å²) in [6, 6.07) is 17.8. The van der Waals surface area contributed by atoms with E-state index < -0.39 is 0 Å². The molecule has 2 aromatic carbocycles.